The van der Waals surface area contributed by atoms with Crippen LogP contribution in [0, 0.1) is 11.7 Å². The maximum atomic E-state index is 13.4. The molecule has 0 bridgehead atoms. The number of para-hydroxylation sites is 1. The van der Waals surface area contributed by atoms with Gasteiger partial charge in [-0.25, -0.2) is 9.37 Å². The highest BCUT2D eigenvalue weighted by atomic mass is 32.1. The largest absolute Gasteiger partial charge is 0.481 e. The van der Waals surface area contributed by atoms with E-state index in [9.17, 15) is 9.18 Å². The Labute approximate surface area is 144 Å². The summed E-state index contributed by atoms with van der Waals surface area (Å²) in [4.78, 5) is 18.5. The maximum Gasteiger partial charge on any atom is 0.257 e. The normalized spacial score (nSPS) is 17.5. The molecule has 1 aliphatic rings. The number of ether oxygens (including phenoxy) is 1. The van der Waals surface area contributed by atoms with Gasteiger partial charge in [0.15, 0.2) is 23.3 Å². The van der Waals surface area contributed by atoms with Crippen molar-refractivity contribution in [2.24, 2.45) is 5.92 Å². The number of piperidine rings is 1. The highest BCUT2D eigenvalue weighted by molar-refractivity contribution is 7.13. The molecule has 1 aromatic carbocycles. The molecule has 1 amide bonds. The van der Waals surface area contributed by atoms with Crippen molar-refractivity contribution in [2.75, 3.05) is 31.1 Å². The summed E-state index contributed by atoms with van der Waals surface area (Å²) in [5, 5.41) is 5.89. The minimum absolute atomic E-state index is 0.0975. The highest BCUT2D eigenvalue weighted by Crippen LogP contribution is 2.24. The Kier molecular flexibility index (Phi) is 5.63. The van der Waals surface area contributed by atoms with Gasteiger partial charge >= 0.3 is 0 Å². The number of nitrogens with one attached hydrogen (secondary N) is 1. The van der Waals surface area contributed by atoms with Gasteiger partial charge in [-0.15, -0.1) is 11.3 Å². The Bertz CT molecular complexity index is 666. The summed E-state index contributed by atoms with van der Waals surface area (Å²) in [5.41, 5.74) is 0. The van der Waals surface area contributed by atoms with Gasteiger partial charge in [0.05, 0.1) is 0 Å². The number of nitrogens with zero attached hydrogens (tertiary/aromatic N) is 2. The van der Waals surface area contributed by atoms with E-state index in [-0.39, 0.29) is 18.3 Å². The monoisotopic (exact) mass is 349 g/mol. The molecular weight excluding hydrogens is 329 g/mol. The number of thiazole rings is 1. The van der Waals surface area contributed by atoms with E-state index in [4.69, 9.17) is 4.74 Å². The van der Waals surface area contributed by atoms with Crippen molar-refractivity contribution in [3.05, 3.63) is 41.7 Å². The third-order valence-corrected chi connectivity index (χ3v) is 4.82. The zero-order valence-electron chi connectivity index (χ0n) is 13.3. The van der Waals surface area contributed by atoms with Crippen LogP contribution in [0.5, 0.6) is 5.75 Å². The van der Waals surface area contributed by atoms with Crippen LogP contribution in [-0.4, -0.2) is 37.1 Å². The highest BCUT2D eigenvalue weighted by Gasteiger charge is 2.22. The van der Waals surface area contributed by atoms with Gasteiger partial charge < -0.3 is 15.0 Å². The molecule has 1 aliphatic heterocycles. The molecule has 1 saturated heterocycles. The van der Waals surface area contributed by atoms with Gasteiger partial charge in [-0.1, -0.05) is 12.1 Å². The molecule has 1 unspecified atom stereocenters. The van der Waals surface area contributed by atoms with Crippen molar-refractivity contribution in [3.63, 3.8) is 0 Å². The number of aromatic nitrogens is 1. The molecule has 5 nitrogen and oxygen atoms in total. The summed E-state index contributed by atoms with van der Waals surface area (Å²) in [6.45, 7) is 2.32. The van der Waals surface area contributed by atoms with Crippen molar-refractivity contribution in [3.8, 4) is 5.75 Å². The molecule has 1 fully saturated rings. The Morgan fingerprint density at radius 2 is 2.33 bits per heavy atom. The lowest BCUT2D eigenvalue weighted by Gasteiger charge is -2.32. The fourth-order valence-electron chi connectivity index (χ4n) is 2.79. The van der Waals surface area contributed by atoms with E-state index >= 15 is 0 Å². The SMILES string of the molecule is O=C(COc1ccccc1F)NCC1CCCN(c2nccs2)C1. The number of carbonyl (C=O) groups excluding carboxylic acids is 1. The van der Waals surface area contributed by atoms with Gasteiger partial charge in [-0.05, 0) is 30.9 Å². The van der Waals surface area contributed by atoms with E-state index in [0.717, 1.165) is 31.1 Å². The van der Waals surface area contributed by atoms with Crippen molar-refractivity contribution in [1.29, 1.82) is 0 Å². The molecule has 2 aromatic rings. The average Bonchev–Trinajstić information content (AvgIpc) is 3.14. The summed E-state index contributed by atoms with van der Waals surface area (Å²) < 4.78 is 18.6. The number of hydrogen-bond donors (Lipinski definition) is 1. The van der Waals surface area contributed by atoms with Crippen LogP contribution in [0.25, 0.3) is 0 Å². The number of carbonyl (C=O) groups is 1. The summed E-state index contributed by atoms with van der Waals surface area (Å²) in [5.74, 6) is -0.207. The lowest BCUT2D eigenvalue weighted by molar-refractivity contribution is -0.123. The second-order valence-corrected chi connectivity index (χ2v) is 6.67. The molecule has 1 atom stereocenters. The molecule has 0 spiro atoms. The van der Waals surface area contributed by atoms with Gasteiger partial charge in [0.25, 0.3) is 5.91 Å². The van der Waals surface area contributed by atoms with Crippen LogP contribution < -0.4 is 15.0 Å². The van der Waals surface area contributed by atoms with Crippen LogP contribution in [0.2, 0.25) is 0 Å². The predicted octanol–water partition coefficient (Wildman–Crippen LogP) is 2.69. The van der Waals surface area contributed by atoms with E-state index in [1.54, 1.807) is 23.5 Å². The van der Waals surface area contributed by atoms with Crippen molar-refractivity contribution in [2.45, 2.75) is 12.8 Å². The van der Waals surface area contributed by atoms with Gasteiger partial charge in [0, 0.05) is 31.2 Å². The lowest BCUT2D eigenvalue weighted by Crippen LogP contribution is -2.42. The van der Waals surface area contributed by atoms with Crippen LogP contribution in [0.4, 0.5) is 9.52 Å². The summed E-state index contributed by atoms with van der Waals surface area (Å²) in [6, 6.07) is 6.07. The van der Waals surface area contributed by atoms with E-state index < -0.39 is 5.82 Å². The summed E-state index contributed by atoms with van der Waals surface area (Å²) in [6.07, 6.45) is 3.98. The van der Waals surface area contributed by atoms with Crippen LogP contribution in [-0.2, 0) is 4.79 Å². The number of hydrogen-bond acceptors (Lipinski definition) is 5. The fourth-order valence-corrected chi connectivity index (χ4v) is 3.47. The fraction of sp³-hybridized carbons (Fsp3) is 0.412. The Morgan fingerprint density at radius 3 is 3.12 bits per heavy atom. The summed E-state index contributed by atoms with van der Waals surface area (Å²) >= 11 is 1.63. The minimum Gasteiger partial charge on any atom is -0.481 e. The zero-order valence-corrected chi connectivity index (χ0v) is 14.1. The third-order valence-electron chi connectivity index (χ3n) is 3.99. The third kappa shape index (κ3) is 4.44. The molecule has 0 aliphatic carbocycles. The molecule has 1 aromatic heterocycles. The Balaban J connectivity index is 1.42. The zero-order chi connectivity index (χ0) is 16.8. The molecule has 0 radical (unpaired) electrons. The second-order valence-electron chi connectivity index (χ2n) is 5.79. The van der Waals surface area contributed by atoms with E-state index in [1.165, 1.54) is 12.1 Å². The van der Waals surface area contributed by atoms with Gasteiger partial charge in [-0.3, -0.25) is 4.79 Å². The molecule has 0 saturated carbocycles. The number of amides is 1. The topological polar surface area (TPSA) is 54.5 Å². The number of halogens is 1. The molecule has 3 rings (SSSR count). The lowest BCUT2D eigenvalue weighted by atomic mass is 9.98. The molecule has 7 heteroatoms. The number of anilines is 1. The maximum absolute atomic E-state index is 13.4. The van der Waals surface area contributed by atoms with Gasteiger partial charge in [-0.2, -0.15) is 0 Å². The van der Waals surface area contributed by atoms with Crippen LogP contribution in [0.1, 0.15) is 12.8 Å². The first-order valence-electron chi connectivity index (χ1n) is 8.01. The van der Waals surface area contributed by atoms with Gasteiger partial charge in [0.2, 0.25) is 0 Å². The van der Waals surface area contributed by atoms with Gasteiger partial charge in [0.1, 0.15) is 0 Å². The van der Waals surface area contributed by atoms with Crippen molar-refractivity contribution < 1.29 is 13.9 Å². The van der Waals surface area contributed by atoms with E-state index in [0.29, 0.717) is 12.5 Å². The first-order valence-corrected chi connectivity index (χ1v) is 8.89. The van der Waals surface area contributed by atoms with E-state index in [1.807, 2.05) is 11.6 Å². The average molecular weight is 349 g/mol. The first-order chi connectivity index (χ1) is 11.7. The first kappa shape index (κ1) is 16.7. The standard InChI is InChI=1S/C17H20FN3O2S/c18-14-5-1-2-6-15(14)23-12-16(22)20-10-13-4-3-8-21(11-13)17-19-7-9-24-17/h1-2,5-7,9,13H,3-4,8,10-12H2,(H,20,22). The molecule has 1 N–H and O–H groups in total. The summed E-state index contributed by atoms with van der Waals surface area (Å²) in [7, 11) is 0. The second kappa shape index (κ2) is 8.10. The minimum atomic E-state index is -0.461. The van der Waals surface area contributed by atoms with Crippen molar-refractivity contribution in [1.82, 2.24) is 10.3 Å². The predicted molar refractivity (Wildman–Crippen MR) is 92.0 cm³/mol. The number of benzene rings is 1. The van der Waals surface area contributed by atoms with Crippen LogP contribution in [0.3, 0.4) is 0 Å². The van der Waals surface area contributed by atoms with Crippen LogP contribution >= 0.6 is 11.3 Å². The van der Waals surface area contributed by atoms with E-state index in [2.05, 4.69) is 15.2 Å². The molecular formula is C17H20FN3O2S. The molecule has 2 heterocycles. The number of rotatable bonds is 6. The Hall–Kier alpha value is -2.15. The smallest absolute Gasteiger partial charge is 0.257 e. The quantitative estimate of drug-likeness (QED) is 0.871. The molecule has 24 heavy (non-hydrogen) atoms. The van der Waals surface area contributed by atoms with Crippen molar-refractivity contribution >= 4 is 22.4 Å². The molecule has 128 valence electrons. The Morgan fingerprint density at radius 1 is 1.46 bits per heavy atom. The van der Waals surface area contributed by atoms with Crippen LogP contribution in [0.15, 0.2) is 35.8 Å².